The molecule has 3 fully saturated rings. The first-order valence-corrected chi connectivity index (χ1v) is 15.7. The molecule has 5 heterocycles. The topological polar surface area (TPSA) is 113 Å². The van der Waals surface area contributed by atoms with Crippen LogP contribution >= 0.6 is 0 Å². The third-order valence-electron chi connectivity index (χ3n) is 8.92. The second-order valence-electron chi connectivity index (χ2n) is 11.5. The molecular weight excluding hydrogens is 536 g/mol. The molecule has 0 spiro atoms. The lowest BCUT2D eigenvalue weighted by Crippen LogP contribution is -2.52. The van der Waals surface area contributed by atoms with Gasteiger partial charge in [-0.25, -0.2) is 15.0 Å². The molecule has 1 aromatic carbocycles. The van der Waals surface area contributed by atoms with Gasteiger partial charge in [0.2, 0.25) is 0 Å². The standard InChI is InChI=1S/C30H41N8O2S/c1-3-24-30(33-21-8-16-40-17-9-21)35-27-23(19-32-29(31)28(27)34-24)20-4-5-25(26(18-20)41-39)38-10-6-22(7-11-38)37-14-12-36(2)13-15-37/h4-5,18-19,21-22H,3,6-17H2,1-2H3,(H2,31,32)(H,33,35)/q+1. The molecule has 11 heteroatoms. The van der Waals surface area contributed by atoms with E-state index in [0.717, 1.165) is 118 Å². The van der Waals surface area contributed by atoms with Gasteiger partial charge in [0.15, 0.2) is 5.82 Å². The van der Waals surface area contributed by atoms with Crippen molar-refractivity contribution in [3.63, 3.8) is 0 Å². The Morgan fingerprint density at radius 1 is 1.02 bits per heavy atom. The van der Waals surface area contributed by atoms with Crippen LogP contribution in [0, 0.1) is 0 Å². The molecule has 41 heavy (non-hydrogen) atoms. The highest BCUT2D eigenvalue weighted by molar-refractivity contribution is 7.65. The Labute approximate surface area is 246 Å². The first-order valence-electron chi connectivity index (χ1n) is 14.9. The van der Waals surface area contributed by atoms with Gasteiger partial charge in [-0.3, -0.25) is 4.90 Å². The number of nitrogen functional groups attached to an aromatic ring is 1. The second-order valence-corrected chi connectivity index (χ2v) is 12.1. The van der Waals surface area contributed by atoms with Gasteiger partial charge in [-0.2, -0.15) is 0 Å². The van der Waals surface area contributed by atoms with Gasteiger partial charge in [0.1, 0.15) is 22.5 Å². The number of anilines is 3. The highest BCUT2D eigenvalue weighted by atomic mass is 32.1. The Balaban J connectivity index is 1.27. The highest BCUT2D eigenvalue weighted by Crippen LogP contribution is 2.35. The number of nitrogens with one attached hydrogen (secondary N) is 1. The molecule has 2 aromatic heterocycles. The van der Waals surface area contributed by atoms with Crippen LogP contribution in [0.3, 0.4) is 0 Å². The molecule has 0 saturated carbocycles. The van der Waals surface area contributed by atoms with Gasteiger partial charge in [0, 0.05) is 86.6 Å². The fraction of sp³-hybridized carbons (Fsp3) is 0.567. The molecule has 3 aliphatic heterocycles. The minimum atomic E-state index is 0.298. The van der Waals surface area contributed by atoms with Crippen LogP contribution in [0.4, 0.5) is 17.3 Å². The van der Waals surface area contributed by atoms with Crippen LogP contribution < -0.4 is 16.0 Å². The number of benzene rings is 1. The van der Waals surface area contributed by atoms with E-state index in [2.05, 4.69) is 51.1 Å². The van der Waals surface area contributed by atoms with Crippen molar-refractivity contribution in [1.29, 1.82) is 0 Å². The minimum Gasteiger partial charge on any atom is -0.382 e. The third kappa shape index (κ3) is 5.99. The Morgan fingerprint density at radius 3 is 2.49 bits per heavy atom. The van der Waals surface area contributed by atoms with Gasteiger partial charge >= 0.3 is 16.6 Å². The largest absolute Gasteiger partial charge is 0.507 e. The zero-order chi connectivity index (χ0) is 28.3. The van der Waals surface area contributed by atoms with E-state index in [-0.39, 0.29) is 0 Å². The SMILES string of the molecule is CCc1nc2c(N)ncc(-c3ccc(N4CCC(N5CCN(C)CC5)CC4)c([S+]=O)c3)c2nc1NC1CCOCC1. The van der Waals surface area contributed by atoms with Crippen molar-refractivity contribution in [3.8, 4) is 11.1 Å². The molecule has 3 aromatic rings. The van der Waals surface area contributed by atoms with E-state index >= 15 is 0 Å². The number of aryl methyl sites for hydroxylation is 1. The lowest BCUT2D eigenvalue weighted by Gasteiger charge is -2.42. The van der Waals surface area contributed by atoms with E-state index in [4.69, 9.17) is 20.4 Å². The van der Waals surface area contributed by atoms with Gasteiger partial charge in [0.05, 0.1) is 5.69 Å². The van der Waals surface area contributed by atoms with E-state index < -0.39 is 0 Å². The summed E-state index contributed by atoms with van der Waals surface area (Å²) in [5.74, 6) is 1.15. The number of likely N-dealkylation sites (N-methyl/N-ethyl adjacent to an activating group) is 1. The maximum atomic E-state index is 12.4. The molecule has 0 aliphatic carbocycles. The van der Waals surface area contributed by atoms with Crippen LogP contribution in [-0.4, -0.2) is 96.4 Å². The van der Waals surface area contributed by atoms with Gasteiger partial charge in [-0.05, 0) is 50.8 Å². The number of nitrogens with two attached hydrogens (primary N) is 1. The fourth-order valence-corrected chi connectivity index (χ4v) is 6.83. The molecule has 0 amide bonds. The Morgan fingerprint density at radius 2 is 1.78 bits per heavy atom. The van der Waals surface area contributed by atoms with Crippen LogP contribution in [0.25, 0.3) is 22.2 Å². The summed E-state index contributed by atoms with van der Waals surface area (Å²) in [6.45, 7) is 10.1. The van der Waals surface area contributed by atoms with E-state index in [1.54, 1.807) is 6.20 Å². The van der Waals surface area contributed by atoms with Crippen molar-refractivity contribution in [2.45, 2.75) is 56.0 Å². The summed E-state index contributed by atoms with van der Waals surface area (Å²) in [5, 5.41) is 3.61. The molecule has 0 atom stereocenters. The van der Waals surface area contributed by atoms with Crippen molar-refractivity contribution in [3.05, 3.63) is 30.1 Å². The number of ether oxygens (including phenoxy) is 1. The zero-order valence-corrected chi connectivity index (χ0v) is 25.0. The summed E-state index contributed by atoms with van der Waals surface area (Å²) >= 11 is 0.555. The number of piperidine rings is 1. The van der Waals surface area contributed by atoms with Crippen LogP contribution in [0.1, 0.15) is 38.3 Å². The van der Waals surface area contributed by atoms with Crippen LogP contribution in [-0.2, 0) is 27.0 Å². The smallest absolute Gasteiger partial charge is 0.382 e. The highest BCUT2D eigenvalue weighted by Gasteiger charge is 2.30. The number of hydrogen-bond acceptors (Lipinski definition) is 10. The lowest BCUT2D eigenvalue weighted by molar-refractivity contribution is 0.0903. The monoisotopic (exact) mass is 577 g/mol. The molecule has 6 rings (SSSR count). The molecule has 0 unspecified atom stereocenters. The first-order chi connectivity index (χ1) is 20.0. The fourth-order valence-electron chi connectivity index (χ4n) is 6.37. The van der Waals surface area contributed by atoms with Crippen molar-refractivity contribution in [2.24, 2.45) is 0 Å². The van der Waals surface area contributed by atoms with Crippen LogP contribution in [0.15, 0.2) is 29.3 Å². The predicted molar refractivity (Wildman–Crippen MR) is 165 cm³/mol. The van der Waals surface area contributed by atoms with E-state index in [1.165, 1.54) is 0 Å². The third-order valence-corrected chi connectivity index (χ3v) is 9.42. The molecule has 0 radical (unpaired) electrons. The maximum absolute atomic E-state index is 12.4. The Kier molecular flexibility index (Phi) is 8.57. The van der Waals surface area contributed by atoms with Crippen molar-refractivity contribution in [2.75, 3.05) is 75.5 Å². The number of nitrogens with zero attached hydrogens (tertiary/aromatic N) is 6. The number of aromatic nitrogens is 3. The maximum Gasteiger partial charge on any atom is 0.507 e. The normalized spacial score (nSPS) is 20.0. The second kappa shape index (κ2) is 12.5. The summed E-state index contributed by atoms with van der Waals surface area (Å²) in [6.07, 6.45) is 6.61. The molecule has 3 aliphatic rings. The van der Waals surface area contributed by atoms with Crippen LogP contribution in [0.5, 0.6) is 0 Å². The van der Waals surface area contributed by atoms with Gasteiger partial charge in [-0.1, -0.05) is 13.0 Å². The molecular formula is C30H41N8O2S+. The Bertz CT molecular complexity index is 1380. The number of hydrogen-bond donors (Lipinski definition) is 2. The zero-order valence-electron chi connectivity index (χ0n) is 24.1. The number of pyridine rings is 1. The van der Waals surface area contributed by atoms with Crippen molar-refractivity contribution in [1.82, 2.24) is 24.8 Å². The molecule has 0 bridgehead atoms. The van der Waals surface area contributed by atoms with Crippen molar-refractivity contribution < 1.29 is 8.95 Å². The lowest BCUT2D eigenvalue weighted by atomic mass is 10.0. The summed E-state index contributed by atoms with van der Waals surface area (Å²) in [5.41, 5.74) is 11.2. The Hall–Kier alpha value is -2.99. The van der Waals surface area contributed by atoms with Crippen LogP contribution in [0.2, 0.25) is 0 Å². The molecule has 3 N–H and O–H groups in total. The van der Waals surface area contributed by atoms with Gasteiger partial charge < -0.3 is 25.6 Å². The number of fused-ring (bicyclic) bond motifs is 1. The number of piperazine rings is 1. The van der Waals surface area contributed by atoms with E-state index in [1.807, 2.05) is 6.07 Å². The molecule has 10 nitrogen and oxygen atoms in total. The molecule has 3 saturated heterocycles. The van der Waals surface area contributed by atoms with E-state index in [0.29, 0.717) is 40.6 Å². The molecule has 218 valence electrons. The minimum absolute atomic E-state index is 0.298. The summed E-state index contributed by atoms with van der Waals surface area (Å²) in [7, 11) is 2.20. The predicted octanol–water partition coefficient (Wildman–Crippen LogP) is 3.43. The summed E-state index contributed by atoms with van der Waals surface area (Å²) in [4.78, 5) is 22.6. The van der Waals surface area contributed by atoms with E-state index in [9.17, 15) is 4.21 Å². The summed E-state index contributed by atoms with van der Waals surface area (Å²) in [6, 6.07) is 7.07. The average Bonchev–Trinajstić information content (AvgIpc) is 3.02. The van der Waals surface area contributed by atoms with Crippen molar-refractivity contribution >= 4 is 40.0 Å². The quantitative estimate of drug-likeness (QED) is 0.405. The summed E-state index contributed by atoms with van der Waals surface area (Å²) < 4.78 is 17.9. The van der Waals surface area contributed by atoms with Gasteiger partial charge in [0.25, 0.3) is 0 Å². The van der Waals surface area contributed by atoms with Gasteiger partial charge in [-0.15, -0.1) is 0 Å². The first kappa shape index (κ1) is 28.1. The average molecular weight is 578 g/mol. The number of rotatable bonds is 7.